The van der Waals surface area contributed by atoms with Gasteiger partial charge in [-0.3, -0.25) is 0 Å². The molecule has 2 aliphatic rings. The van der Waals surface area contributed by atoms with Crippen LogP contribution >= 0.6 is 11.6 Å². The van der Waals surface area contributed by atoms with Gasteiger partial charge in [0, 0.05) is 6.54 Å². The van der Waals surface area contributed by atoms with E-state index in [4.69, 9.17) is 16.9 Å². The molecule has 1 saturated carbocycles. The Morgan fingerprint density at radius 2 is 2.18 bits per heavy atom. The second kappa shape index (κ2) is 5.40. The third-order valence-corrected chi connectivity index (χ3v) is 5.08. The summed E-state index contributed by atoms with van der Waals surface area (Å²) in [6, 6.07) is 6.50. The van der Waals surface area contributed by atoms with Crippen molar-refractivity contribution in [2.45, 2.75) is 38.6 Å². The van der Waals surface area contributed by atoms with Gasteiger partial charge >= 0.3 is 0 Å². The first kappa shape index (κ1) is 13.8. The summed E-state index contributed by atoms with van der Waals surface area (Å²) in [7, 11) is 0. The van der Waals surface area contributed by atoms with Crippen LogP contribution in [-0.4, -0.2) is 15.0 Å². The maximum atomic E-state index is 9.00. The van der Waals surface area contributed by atoms with Crippen LogP contribution in [0.5, 0.6) is 0 Å². The molecule has 0 spiro atoms. The van der Waals surface area contributed by atoms with E-state index >= 15 is 0 Å². The molecule has 0 N–H and O–H groups in total. The Bertz CT molecular complexity index is 795. The highest BCUT2D eigenvalue weighted by atomic mass is 35.5. The van der Waals surface area contributed by atoms with Crippen molar-refractivity contribution in [1.82, 2.24) is 15.0 Å². The molecule has 112 valence electrons. The summed E-state index contributed by atoms with van der Waals surface area (Å²) in [6.07, 6.45) is 7.36. The fourth-order valence-electron chi connectivity index (χ4n) is 3.13. The predicted octanol–water partition coefficient (Wildman–Crippen LogP) is 4.20. The van der Waals surface area contributed by atoms with Crippen molar-refractivity contribution in [3.8, 4) is 6.07 Å². The largest absolute Gasteiger partial charge is 0.244 e. The van der Waals surface area contributed by atoms with Gasteiger partial charge in [-0.1, -0.05) is 29.0 Å². The van der Waals surface area contributed by atoms with Gasteiger partial charge in [-0.15, -0.1) is 5.10 Å². The van der Waals surface area contributed by atoms with E-state index in [1.807, 2.05) is 4.68 Å². The number of allylic oxidation sites excluding steroid dienone is 2. The van der Waals surface area contributed by atoms with E-state index in [0.29, 0.717) is 5.02 Å². The Kier molecular flexibility index (Phi) is 3.38. The number of halogens is 1. The minimum absolute atomic E-state index is 0.144. The van der Waals surface area contributed by atoms with Crippen molar-refractivity contribution in [2.75, 3.05) is 0 Å². The fourth-order valence-corrected chi connectivity index (χ4v) is 3.45. The van der Waals surface area contributed by atoms with Gasteiger partial charge in [0.1, 0.15) is 5.52 Å². The average molecular weight is 313 g/mol. The van der Waals surface area contributed by atoms with Crippen LogP contribution in [0, 0.1) is 23.2 Å². The number of nitrogens with zero attached hydrogens (tertiary/aromatic N) is 4. The van der Waals surface area contributed by atoms with E-state index in [0.717, 1.165) is 48.3 Å². The van der Waals surface area contributed by atoms with Crippen molar-refractivity contribution in [1.29, 1.82) is 5.26 Å². The Hall–Kier alpha value is -1.86. The highest BCUT2D eigenvalue weighted by Gasteiger charge is 2.24. The van der Waals surface area contributed by atoms with E-state index in [9.17, 15) is 0 Å². The monoisotopic (exact) mass is 312 g/mol. The van der Waals surface area contributed by atoms with E-state index < -0.39 is 0 Å². The van der Waals surface area contributed by atoms with Gasteiger partial charge in [0.2, 0.25) is 0 Å². The molecule has 1 fully saturated rings. The van der Waals surface area contributed by atoms with Crippen LogP contribution in [0.2, 0.25) is 5.02 Å². The number of hydrogen-bond donors (Lipinski definition) is 0. The summed E-state index contributed by atoms with van der Waals surface area (Å²) in [5, 5.41) is 18.2. The molecule has 1 heterocycles. The Morgan fingerprint density at radius 3 is 2.86 bits per heavy atom. The molecule has 4 rings (SSSR count). The molecule has 0 saturated heterocycles. The highest BCUT2D eigenvalue weighted by Crippen LogP contribution is 2.37. The average Bonchev–Trinajstić information content (AvgIpc) is 3.27. The van der Waals surface area contributed by atoms with Gasteiger partial charge in [0.15, 0.2) is 0 Å². The zero-order valence-electron chi connectivity index (χ0n) is 12.3. The molecule has 1 atom stereocenters. The zero-order valence-corrected chi connectivity index (χ0v) is 13.1. The molecule has 5 heteroatoms. The molecular formula is C17H17ClN4. The summed E-state index contributed by atoms with van der Waals surface area (Å²) >= 11 is 6.59. The molecule has 1 unspecified atom stereocenters. The quantitative estimate of drug-likeness (QED) is 0.853. The second-order valence-electron chi connectivity index (χ2n) is 6.34. The van der Waals surface area contributed by atoms with Crippen molar-refractivity contribution < 1.29 is 0 Å². The number of hydrogen-bond acceptors (Lipinski definition) is 3. The lowest BCUT2D eigenvalue weighted by molar-refractivity contribution is 0.559. The van der Waals surface area contributed by atoms with Gasteiger partial charge in [0.25, 0.3) is 0 Å². The predicted molar refractivity (Wildman–Crippen MR) is 86.2 cm³/mol. The molecule has 4 nitrogen and oxygen atoms in total. The Labute approximate surface area is 134 Å². The van der Waals surface area contributed by atoms with Crippen LogP contribution in [0.25, 0.3) is 16.6 Å². The Morgan fingerprint density at radius 1 is 1.32 bits per heavy atom. The standard InChI is InChI=1S/C17H17ClN4/c18-16-14(13-5-3-11(9-19)4-6-13)7-8-15-17(16)20-21-22(15)10-12-1-2-12/h5,7-8,11-12H,1-4,6,10H2. The topological polar surface area (TPSA) is 54.5 Å². The number of benzene rings is 1. The SMILES string of the molecule is N#CC1CC=C(c2ccc3c(nnn3CC3CC3)c2Cl)CC1. The van der Waals surface area contributed by atoms with Crippen LogP contribution in [-0.2, 0) is 6.54 Å². The second-order valence-corrected chi connectivity index (χ2v) is 6.72. The van der Waals surface area contributed by atoms with E-state index in [1.54, 1.807) is 0 Å². The first-order chi connectivity index (χ1) is 10.8. The number of nitriles is 1. The molecule has 0 aliphatic heterocycles. The lowest BCUT2D eigenvalue weighted by Gasteiger charge is -2.17. The lowest BCUT2D eigenvalue weighted by atomic mass is 9.87. The van der Waals surface area contributed by atoms with Crippen molar-refractivity contribution >= 4 is 28.2 Å². The smallest absolute Gasteiger partial charge is 0.132 e. The third-order valence-electron chi connectivity index (χ3n) is 4.69. The molecule has 1 aromatic heterocycles. The molecular weight excluding hydrogens is 296 g/mol. The fraction of sp³-hybridized carbons (Fsp3) is 0.471. The van der Waals surface area contributed by atoms with Gasteiger partial charge in [0.05, 0.1) is 22.5 Å². The van der Waals surface area contributed by atoms with E-state index in [-0.39, 0.29) is 5.92 Å². The third kappa shape index (κ3) is 2.40. The number of rotatable bonds is 3. The zero-order chi connectivity index (χ0) is 15.1. The normalized spacial score (nSPS) is 21.6. The van der Waals surface area contributed by atoms with Crippen molar-refractivity contribution in [3.63, 3.8) is 0 Å². The van der Waals surface area contributed by atoms with Crippen LogP contribution in [0.1, 0.15) is 37.7 Å². The molecule has 0 radical (unpaired) electrons. The number of aromatic nitrogens is 3. The van der Waals surface area contributed by atoms with Crippen LogP contribution < -0.4 is 0 Å². The summed E-state index contributed by atoms with van der Waals surface area (Å²) in [5.41, 5.74) is 4.09. The molecule has 0 bridgehead atoms. The van der Waals surface area contributed by atoms with E-state index in [1.165, 1.54) is 18.4 Å². The summed E-state index contributed by atoms with van der Waals surface area (Å²) in [6.45, 7) is 0.943. The van der Waals surface area contributed by atoms with E-state index in [2.05, 4.69) is 34.6 Å². The van der Waals surface area contributed by atoms with Gasteiger partial charge in [-0.05, 0) is 55.2 Å². The highest BCUT2D eigenvalue weighted by molar-refractivity contribution is 6.36. The maximum Gasteiger partial charge on any atom is 0.132 e. The van der Waals surface area contributed by atoms with Crippen LogP contribution in [0.4, 0.5) is 0 Å². The van der Waals surface area contributed by atoms with Crippen molar-refractivity contribution in [3.05, 3.63) is 28.8 Å². The van der Waals surface area contributed by atoms with Crippen LogP contribution in [0.15, 0.2) is 18.2 Å². The molecule has 22 heavy (non-hydrogen) atoms. The summed E-state index contributed by atoms with van der Waals surface area (Å²) in [4.78, 5) is 0. The Balaban J connectivity index is 1.69. The first-order valence-electron chi connectivity index (χ1n) is 7.87. The minimum atomic E-state index is 0.144. The molecule has 2 aromatic rings. The van der Waals surface area contributed by atoms with Crippen LogP contribution in [0.3, 0.4) is 0 Å². The lowest BCUT2D eigenvalue weighted by Crippen LogP contribution is -2.03. The maximum absolute atomic E-state index is 9.00. The molecule has 0 amide bonds. The minimum Gasteiger partial charge on any atom is -0.244 e. The molecule has 1 aromatic carbocycles. The van der Waals surface area contributed by atoms with Gasteiger partial charge in [-0.25, -0.2) is 4.68 Å². The summed E-state index contributed by atoms with van der Waals surface area (Å²) in [5.74, 6) is 0.901. The first-order valence-corrected chi connectivity index (χ1v) is 8.25. The number of fused-ring (bicyclic) bond motifs is 1. The molecule has 2 aliphatic carbocycles. The van der Waals surface area contributed by atoms with Crippen molar-refractivity contribution in [2.24, 2.45) is 11.8 Å². The summed E-state index contributed by atoms with van der Waals surface area (Å²) < 4.78 is 1.98. The van der Waals surface area contributed by atoms with Gasteiger partial charge in [-0.2, -0.15) is 5.26 Å². The van der Waals surface area contributed by atoms with Gasteiger partial charge < -0.3 is 0 Å².